The fourth-order valence-electron chi connectivity index (χ4n) is 0.632. The molecule has 0 heterocycles. The Kier molecular flexibility index (Phi) is 3.31. The number of carboxylic acids is 1. The molecule has 0 amide bonds. The zero-order valence-electron chi connectivity index (χ0n) is 6.50. The van der Waals surface area contributed by atoms with Crippen LogP contribution in [-0.2, 0) is 14.6 Å². The molecule has 0 radical (unpaired) electrons. The normalized spacial score (nSPS) is 15.4. The number of rotatable bonds is 3. The molecule has 0 bridgehead atoms. The number of carboxylic acid groups (broad SMARTS) is 1. The van der Waals surface area contributed by atoms with Gasteiger partial charge in [-0.1, -0.05) is 0 Å². The molecule has 0 saturated heterocycles. The zero-order chi connectivity index (χ0) is 10.9. The van der Waals surface area contributed by atoms with Crippen molar-refractivity contribution < 1.29 is 31.5 Å². The van der Waals surface area contributed by atoms with Gasteiger partial charge in [-0.15, -0.1) is 0 Å². The van der Waals surface area contributed by atoms with Crippen LogP contribution in [0.15, 0.2) is 0 Å². The first-order chi connectivity index (χ1) is 5.54. The maximum atomic E-state index is 11.7. The monoisotopic (exact) mass is 220 g/mol. The number of aliphatic carboxylic acids is 1. The van der Waals surface area contributed by atoms with Crippen molar-refractivity contribution in [3.63, 3.8) is 0 Å². The van der Waals surface area contributed by atoms with Crippen LogP contribution < -0.4 is 0 Å². The van der Waals surface area contributed by atoms with Gasteiger partial charge < -0.3 is 5.11 Å². The largest absolute Gasteiger partial charge is 0.480 e. The topological polar surface area (TPSA) is 71.4 Å². The average Bonchev–Trinajstić information content (AvgIpc) is 1.77. The molecular weight excluding hydrogens is 213 g/mol. The van der Waals surface area contributed by atoms with E-state index in [0.717, 1.165) is 0 Å². The molecule has 0 aliphatic heterocycles. The summed E-state index contributed by atoms with van der Waals surface area (Å²) in [5.74, 6) is -1.99. The molecule has 1 unspecified atom stereocenters. The van der Waals surface area contributed by atoms with Gasteiger partial charge in [-0.2, -0.15) is 13.2 Å². The third kappa shape index (κ3) is 4.71. The minimum absolute atomic E-state index is 0.456. The Bertz CT molecular complexity index is 291. The fraction of sp³-hybridized carbons (Fsp3) is 0.800. The van der Waals surface area contributed by atoms with Crippen LogP contribution in [0.25, 0.3) is 0 Å². The average molecular weight is 220 g/mol. The summed E-state index contributed by atoms with van der Waals surface area (Å²) in [5.41, 5.74) is 0. The summed E-state index contributed by atoms with van der Waals surface area (Å²) in [6.07, 6.45) is -6.20. The number of carbonyl (C=O) groups is 1. The maximum absolute atomic E-state index is 11.7. The molecule has 78 valence electrons. The van der Waals surface area contributed by atoms with Crippen molar-refractivity contribution in [1.82, 2.24) is 0 Å². The van der Waals surface area contributed by atoms with E-state index < -0.39 is 33.7 Å². The van der Waals surface area contributed by atoms with Gasteiger partial charge in [0, 0.05) is 6.26 Å². The Morgan fingerprint density at radius 3 is 1.92 bits per heavy atom. The molecule has 0 aromatic heterocycles. The minimum atomic E-state index is -4.80. The molecule has 0 aliphatic carbocycles. The number of alkyl halides is 3. The Hall–Kier alpha value is -0.790. The number of sulfone groups is 1. The van der Waals surface area contributed by atoms with E-state index in [-0.39, 0.29) is 0 Å². The van der Waals surface area contributed by atoms with Gasteiger partial charge in [0.05, 0.1) is 6.42 Å². The van der Waals surface area contributed by atoms with Crippen LogP contribution in [0.1, 0.15) is 6.42 Å². The van der Waals surface area contributed by atoms with Crippen LogP contribution in [0.4, 0.5) is 13.2 Å². The summed E-state index contributed by atoms with van der Waals surface area (Å²) in [7, 11) is -4.22. The van der Waals surface area contributed by atoms with Crippen molar-refractivity contribution in [2.24, 2.45) is 0 Å². The van der Waals surface area contributed by atoms with Gasteiger partial charge in [0.2, 0.25) is 0 Å². The predicted octanol–water partition coefficient (Wildman–Crippen LogP) is 0.437. The Labute approximate surface area is 72.3 Å². The third-order valence-corrected chi connectivity index (χ3v) is 2.61. The summed E-state index contributed by atoms with van der Waals surface area (Å²) in [4.78, 5) is 10.1. The standard InChI is InChI=1S/C5H7F3O4S/c1-13(11,12)3(4(9)10)2-5(6,7)8/h3H,2H2,1H3,(H,9,10). The highest BCUT2D eigenvalue weighted by molar-refractivity contribution is 7.92. The number of hydrogen-bond donors (Lipinski definition) is 1. The van der Waals surface area contributed by atoms with Gasteiger partial charge in [-0.05, 0) is 0 Å². The van der Waals surface area contributed by atoms with E-state index in [2.05, 4.69) is 0 Å². The lowest BCUT2D eigenvalue weighted by atomic mass is 10.3. The first kappa shape index (κ1) is 12.2. The number of halogens is 3. The molecule has 0 spiro atoms. The molecule has 1 N–H and O–H groups in total. The molecule has 13 heavy (non-hydrogen) atoms. The Morgan fingerprint density at radius 2 is 1.85 bits per heavy atom. The summed E-state index contributed by atoms with van der Waals surface area (Å²) < 4.78 is 56.1. The second kappa shape index (κ2) is 3.52. The lowest BCUT2D eigenvalue weighted by Crippen LogP contribution is -2.34. The molecule has 4 nitrogen and oxygen atoms in total. The third-order valence-electron chi connectivity index (χ3n) is 1.21. The molecule has 0 aliphatic rings. The predicted molar refractivity (Wildman–Crippen MR) is 36.9 cm³/mol. The summed E-state index contributed by atoms with van der Waals surface area (Å²) >= 11 is 0. The second-order valence-electron chi connectivity index (χ2n) is 2.48. The zero-order valence-corrected chi connectivity index (χ0v) is 7.32. The smallest absolute Gasteiger partial charge is 0.390 e. The van der Waals surface area contributed by atoms with Crippen molar-refractivity contribution in [3.8, 4) is 0 Å². The molecule has 8 heteroatoms. The van der Waals surface area contributed by atoms with Crippen molar-refractivity contribution >= 4 is 15.8 Å². The van der Waals surface area contributed by atoms with Gasteiger partial charge in [0.1, 0.15) is 0 Å². The maximum Gasteiger partial charge on any atom is 0.390 e. The van der Waals surface area contributed by atoms with Crippen LogP contribution in [-0.4, -0.2) is 37.2 Å². The number of hydrogen-bond acceptors (Lipinski definition) is 3. The van der Waals surface area contributed by atoms with Crippen LogP contribution in [0, 0.1) is 0 Å². The lowest BCUT2D eigenvalue weighted by Gasteiger charge is -2.12. The molecule has 0 fully saturated rings. The van der Waals surface area contributed by atoms with Crippen LogP contribution >= 0.6 is 0 Å². The molecule has 0 aromatic carbocycles. The van der Waals surface area contributed by atoms with Crippen molar-refractivity contribution in [2.75, 3.05) is 6.26 Å². The molecule has 0 aromatic rings. The first-order valence-corrected chi connectivity index (χ1v) is 4.98. The summed E-state index contributed by atoms with van der Waals surface area (Å²) in [6.45, 7) is 0. The van der Waals surface area contributed by atoms with Gasteiger partial charge in [0.15, 0.2) is 15.1 Å². The van der Waals surface area contributed by atoms with E-state index in [4.69, 9.17) is 5.11 Å². The Morgan fingerprint density at radius 1 is 1.46 bits per heavy atom. The summed E-state index contributed by atoms with van der Waals surface area (Å²) in [5, 5.41) is 5.78. The highest BCUT2D eigenvalue weighted by atomic mass is 32.2. The molecule has 1 atom stereocenters. The van der Waals surface area contributed by atoms with E-state index in [1.807, 2.05) is 0 Å². The van der Waals surface area contributed by atoms with E-state index in [9.17, 15) is 26.4 Å². The van der Waals surface area contributed by atoms with Crippen molar-refractivity contribution in [1.29, 1.82) is 0 Å². The molecular formula is C5H7F3O4S. The lowest BCUT2D eigenvalue weighted by molar-refractivity contribution is -0.151. The molecule has 0 saturated carbocycles. The Balaban J connectivity index is 4.78. The van der Waals surface area contributed by atoms with Crippen LogP contribution in [0.5, 0.6) is 0 Å². The quantitative estimate of drug-likeness (QED) is 0.748. The summed E-state index contributed by atoms with van der Waals surface area (Å²) in [6, 6.07) is 0. The van der Waals surface area contributed by atoms with Gasteiger partial charge in [-0.25, -0.2) is 8.42 Å². The van der Waals surface area contributed by atoms with Gasteiger partial charge in [-0.3, -0.25) is 4.79 Å². The minimum Gasteiger partial charge on any atom is -0.480 e. The highest BCUT2D eigenvalue weighted by Crippen LogP contribution is 2.24. The molecule has 0 rings (SSSR count). The van der Waals surface area contributed by atoms with E-state index in [0.29, 0.717) is 6.26 Å². The van der Waals surface area contributed by atoms with Gasteiger partial charge >= 0.3 is 12.1 Å². The fourth-order valence-corrected chi connectivity index (χ4v) is 1.49. The van der Waals surface area contributed by atoms with Crippen molar-refractivity contribution in [2.45, 2.75) is 17.8 Å². The van der Waals surface area contributed by atoms with E-state index in [1.54, 1.807) is 0 Å². The van der Waals surface area contributed by atoms with Crippen molar-refractivity contribution in [3.05, 3.63) is 0 Å². The SMILES string of the molecule is CS(=O)(=O)C(CC(F)(F)F)C(=O)O. The van der Waals surface area contributed by atoms with Crippen LogP contribution in [0.3, 0.4) is 0 Å². The van der Waals surface area contributed by atoms with Crippen LogP contribution in [0.2, 0.25) is 0 Å². The van der Waals surface area contributed by atoms with E-state index >= 15 is 0 Å². The second-order valence-corrected chi connectivity index (χ2v) is 4.70. The first-order valence-electron chi connectivity index (χ1n) is 3.02. The van der Waals surface area contributed by atoms with Gasteiger partial charge in [0.25, 0.3) is 0 Å². The highest BCUT2D eigenvalue weighted by Gasteiger charge is 2.40. The van der Waals surface area contributed by atoms with E-state index in [1.165, 1.54) is 0 Å².